The van der Waals surface area contributed by atoms with Gasteiger partial charge < -0.3 is 10.1 Å². The molecule has 0 aliphatic carbocycles. The van der Waals surface area contributed by atoms with Gasteiger partial charge in [0.15, 0.2) is 0 Å². The Morgan fingerprint density at radius 3 is 2.74 bits per heavy atom. The Kier molecular flexibility index (Phi) is 6.51. The molecule has 0 saturated heterocycles. The third-order valence-electron chi connectivity index (χ3n) is 3.13. The summed E-state index contributed by atoms with van der Waals surface area (Å²) in [6.45, 7) is 2.81. The van der Waals surface area contributed by atoms with Crippen molar-refractivity contribution in [3.63, 3.8) is 0 Å². The molecule has 120 valence electrons. The second-order valence-corrected chi connectivity index (χ2v) is 5.75. The predicted octanol–water partition coefficient (Wildman–Crippen LogP) is 4.51. The highest BCUT2D eigenvalue weighted by Crippen LogP contribution is 2.21. The van der Waals surface area contributed by atoms with Crippen molar-refractivity contribution in [2.75, 3.05) is 13.2 Å². The van der Waals surface area contributed by atoms with E-state index in [4.69, 9.17) is 27.9 Å². The van der Waals surface area contributed by atoms with E-state index in [1.54, 1.807) is 24.3 Å². The van der Waals surface area contributed by atoms with Gasteiger partial charge in [0.2, 0.25) is 5.91 Å². The van der Waals surface area contributed by atoms with Gasteiger partial charge in [-0.15, -0.1) is 0 Å². The Bertz CT molecular complexity index is 714. The Morgan fingerprint density at radius 2 is 2.00 bits per heavy atom. The maximum atomic E-state index is 11.8. The molecule has 0 aliphatic heterocycles. The monoisotopic (exact) mass is 349 g/mol. The van der Waals surface area contributed by atoms with E-state index in [0.29, 0.717) is 23.2 Å². The summed E-state index contributed by atoms with van der Waals surface area (Å²) in [7, 11) is 0. The molecule has 0 spiro atoms. The van der Waals surface area contributed by atoms with Gasteiger partial charge in [-0.25, -0.2) is 0 Å². The SMILES string of the molecule is Cc1ccccc1OCCNC(=O)/C=C/c1ccc(Cl)cc1Cl. The minimum atomic E-state index is -0.204. The van der Waals surface area contributed by atoms with Crippen molar-refractivity contribution in [1.29, 1.82) is 0 Å². The molecule has 0 saturated carbocycles. The largest absolute Gasteiger partial charge is 0.491 e. The third kappa shape index (κ3) is 5.62. The predicted molar refractivity (Wildman–Crippen MR) is 95.2 cm³/mol. The Labute approximate surface area is 145 Å². The molecule has 0 atom stereocenters. The number of para-hydroxylation sites is 1. The van der Waals surface area contributed by atoms with Crippen molar-refractivity contribution >= 4 is 35.2 Å². The lowest BCUT2D eigenvalue weighted by Crippen LogP contribution is -2.26. The average Bonchev–Trinajstić information content (AvgIpc) is 2.52. The molecule has 0 aromatic heterocycles. The van der Waals surface area contributed by atoms with Gasteiger partial charge >= 0.3 is 0 Å². The summed E-state index contributed by atoms with van der Waals surface area (Å²) >= 11 is 11.9. The molecule has 0 unspecified atom stereocenters. The first-order valence-electron chi connectivity index (χ1n) is 7.15. The van der Waals surface area contributed by atoms with Crippen molar-refractivity contribution in [2.45, 2.75) is 6.92 Å². The molecule has 0 heterocycles. The fourth-order valence-corrected chi connectivity index (χ4v) is 2.39. The van der Waals surface area contributed by atoms with E-state index in [-0.39, 0.29) is 5.91 Å². The van der Waals surface area contributed by atoms with Gasteiger partial charge in [0.25, 0.3) is 0 Å². The summed E-state index contributed by atoms with van der Waals surface area (Å²) in [5.74, 6) is 0.620. The van der Waals surface area contributed by atoms with Crippen molar-refractivity contribution in [3.8, 4) is 5.75 Å². The zero-order valence-electron chi connectivity index (χ0n) is 12.7. The van der Waals surface area contributed by atoms with Crippen molar-refractivity contribution < 1.29 is 9.53 Å². The van der Waals surface area contributed by atoms with Gasteiger partial charge in [-0.1, -0.05) is 47.5 Å². The van der Waals surface area contributed by atoms with Crippen LogP contribution in [0.15, 0.2) is 48.5 Å². The van der Waals surface area contributed by atoms with E-state index in [0.717, 1.165) is 16.9 Å². The Balaban J connectivity index is 1.77. The van der Waals surface area contributed by atoms with Crippen molar-refractivity contribution in [1.82, 2.24) is 5.32 Å². The number of carbonyl (C=O) groups excluding carboxylic acids is 1. The molecule has 2 rings (SSSR count). The molecular formula is C18H17Cl2NO2. The lowest BCUT2D eigenvalue weighted by atomic mass is 10.2. The van der Waals surface area contributed by atoms with Crippen LogP contribution < -0.4 is 10.1 Å². The van der Waals surface area contributed by atoms with Gasteiger partial charge in [-0.05, 0) is 42.3 Å². The number of hydrogen-bond donors (Lipinski definition) is 1. The maximum absolute atomic E-state index is 11.8. The first-order valence-corrected chi connectivity index (χ1v) is 7.91. The zero-order valence-corrected chi connectivity index (χ0v) is 14.2. The van der Waals surface area contributed by atoms with Crippen LogP contribution in [0.1, 0.15) is 11.1 Å². The summed E-state index contributed by atoms with van der Waals surface area (Å²) in [5, 5.41) is 3.82. The number of rotatable bonds is 6. The summed E-state index contributed by atoms with van der Waals surface area (Å²) in [6, 6.07) is 12.9. The van der Waals surface area contributed by atoms with Gasteiger partial charge in [0.05, 0.1) is 6.54 Å². The van der Waals surface area contributed by atoms with Gasteiger partial charge in [-0.3, -0.25) is 4.79 Å². The molecule has 0 radical (unpaired) electrons. The first-order chi connectivity index (χ1) is 11.1. The number of carbonyl (C=O) groups is 1. The second kappa shape index (κ2) is 8.61. The first kappa shape index (κ1) is 17.4. The van der Waals surface area contributed by atoms with Crippen molar-refractivity contribution in [2.24, 2.45) is 0 Å². The number of aryl methyl sites for hydroxylation is 1. The van der Waals surface area contributed by atoms with Crippen LogP contribution in [-0.4, -0.2) is 19.1 Å². The topological polar surface area (TPSA) is 38.3 Å². The Morgan fingerprint density at radius 1 is 1.22 bits per heavy atom. The quantitative estimate of drug-likeness (QED) is 0.615. The number of amides is 1. The zero-order chi connectivity index (χ0) is 16.7. The molecule has 1 N–H and O–H groups in total. The van der Waals surface area contributed by atoms with E-state index in [1.807, 2.05) is 31.2 Å². The van der Waals surface area contributed by atoms with Crippen LogP contribution in [0, 0.1) is 6.92 Å². The van der Waals surface area contributed by atoms with E-state index in [1.165, 1.54) is 6.08 Å². The molecule has 5 heteroatoms. The van der Waals surface area contributed by atoms with Crippen LogP contribution in [-0.2, 0) is 4.79 Å². The van der Waals surface area contributed by atoms with E-state index in [2.05, 4.69) is 5.32 Å². The van der Waals surface area contributed by atoms with Gasteiger partial charge in [-0.2, -0.15) is 0 Å². The minimum absolute atomic E-state index is 0.204. The lowest BCUT2D eigenvalue weighted by molar-refractivity contribution is -0.116. The summed E-state index contributed by atoms with van der Waals surface area (Å²) in [4.78, 5) is 11.8. The van der Waals surface area contributed by atoms with Crippen LogP contribution in [0.2, 0.25) is 10.0 Å². The molecule has 2 aromatic rings. The van der Waals surface area contributed by atoms with Crippen LogP contribution in [0.4, 0.5) is 0 Å². The highest BCUT2D eigenvalue weighted by atomic mass is 35.5. The molecule has 23 heavy (non-hydrogen) atoms. The second-order valence-electron chi connectivity index (χ2n) is 4.90. The molecular weight excluding hydrogens is 333 g/mol. The number of hydrogen-bond acceptors (Lipinski definition) is 2. The Hall–Kier alpha value is -1.97. The highest BCUT2D eigenvalue weighted by Gasteiger charge is 2.01. The van der Waals surface area contributed by atoms with E-state index >= 15 is 0 Å². The fraction of sp³-hybridized carbons (Fsp3) is 0.167. The standard InChI is InChI=1S/C18H17Cl2NO2/c1-13-4-2-3-5-17(13)23-11-10-21-18(22)9-7-14-6-8-15(19)12-16(14)20/h2-9,12H,10-11H2,1H3,(H,21,22)/b9-7+. The molecule has 2 aromatic carbocycles. The average molecular weight is 350 g/mol. The lowest BCUT2D eigenvalue weighted by Gasteiger charge is -2.08. The molecule has 0 bridgehead atoms. The third-order valence-corrected chi connectivity index (χ3v) is 3.69. The summed E-state index contributed by atoms with van der Waals surface area (Å²) in [5.41, 5.74) is 1.80. The molecule has 3 nitrogen and oxygen atoms in total. The van der Waals surface area contributed by atoms with Crippen LogP contribution in [0.25, 0.3) is 6.08 Å². The number of nitrogens with one attached hydrogen (secondary N) is 1. The van der Waals surface area contributed by atoms with Crippen LogP contribution >= 0.6 is 23.2 Å². The normalized spacial score (nSPS) is 10.7. The van der Waals surface area contributed by atoms with Crippen molar-refractivity contribution in [3.05, 3.63) is 69.7 Å². The fourth-order valence-electron chi connectivity index (χ4n) is 1.91. The molecule has 0 fully saturated rings. The van der Waals surface area contributed by atoms with E-state index < -0.39 is 0 Å². The number of halogens is 2. The summed E-state index contributed by atoms with van der Waals surface area (Å²) in [6.07, 6.45) is 3.08. The van der Waals surface area contributed by atoms with E-state index in [9.17, 15) is 4.79 Å². The van der Waals surface area contributed by atoms with Gasteiger partial charge in [0.1, 0.15) is 12.4 Å². The van der Waals surface area contributed by atoms with Crippen LogP contribution in [0.5, 0.6) is 5.75 Å². The minimum Gasteiger partial charge on any atom is -0.491 e. The molecule has 1 amide bonds. The van der Waals surface area contributed by atoms with Gasteiger partial charge in [0, 0.05) is 16.1 Å². The van der Waals surface area contributed by atoms with Crippen LogP contribution in [0.3, 0.4) is 0 Å². The summed E-state index contributed by atoms with van der Waals surface area (Å²) < 4.78 is 5.61. The number of benzene rings is 2. The highest BCUT2D eigenvalue weighted by molar-refractivity contribution is 6.35. The number of ether oxygens (including phenoxy) is 1. The maximum Gasteiger partial charge on any atom is 0.244 e. The smallest absolute Gasteiger partial charge is 0.244 e. The molecule has 0 aliphatic rings.